The van der Waals surface area contributed by atoms with Crippen molar-refractivity contribution in [1.82, 2.24) is 21.0 Å². The Morgan fingerprint density at radius 1 is 0.845 bits per heavy atom. The van der Waals surface area contributed by atoms with Crippen LogP contribution in [0.1, 0.15) is 38.7 Å². The minimum atomic E-state index is -4.06. The van der Waals surface area contributed by atoms with Crippen LogP contribution in [0.4, 0.5) is 16.2 Å². The normalized spacial score (nSPS) is 13.8. The molecule has 6 N–H and O–H groups in total. The lowest BCUT2D eigenvalue weighted by Gasteiger charge is -2.25. The van der Waals surface area contributed by atoms with Gasteiger partial charge in [0.25, 0.3) is 17.5 Å². The maximum atomic E-state index is 13.4. The average Bonchev–Trinajstić information content (AvgIpc) is 3.49. The number of rotatable bonds is 23. The van der Waals surface area contributed by atoms with Crippen LogP contribution in [0.15, 0.2) is 60.7 Å². The van der Waals surface area contributed by atoms with Gasteiger partial charge in [0.1, 0.15) is 24.4 Å². The van der Waals surface area contributed by atoms with Crippen LogP contribution in [0.25, 0.3) is 0 Å². The van der Waals surface area contributed by atoms with Crippen LogP contribution >= 0.6 is 0 Å². The minimum absolute atomic E-state index is 0.0409. The van der Waals surface area contributed by atoms with Crippen molar-refractivity contribution in [2.24, 2.45) is 11.8 Å². The number of non-ortho nitro benzene ring substituents is 1. The molecule has 0 bridgehead atoms. The molecule has 2 aromatic rings. The summed E-state index contributed by atoms with van der Waals surface area (Å²) in [6.07, 6.45) is 0.845. The standard InChI is InChI=1S/C35H45N7O14S2/c1-23(2)32(40-29(43)15-18-57(51,52)20-21-58(53,54)19-17-41-30(44)13-14-31(41)45)34(47)39-28(4-3-16-37-36)33(46)38-25-7-5-24(6-8-25)22-55-35(48)56-27-11-9-26(10-12-27)42(49)50/h5-14,23,28,32,37H,3-4,15-22,36H2,1-2H3,(H,38,46)(H,39,47)(H,40,43)/t28-,32-/m0/s1. The number of anilines is 1. The number of nitro groups is 1. The highest BCUT2D eigenvalue weighted by Gasteiger charge is 2.30. The molecule has 0 fully saturated rings. The third-order valence-corrected chi connectivity index (χ3v) is 12.0. The van der Waals surface area contributed by atoms with Crippen molar-refractivity contribution < 1.29 is 60.0 Å². The lowest BCUT2D eigenvalue weighted by atomic mass is 10.0. The molecule has 0 saturated carbocycles. The van der Waals surface area contributed by atoms with Crippen molar-refractivity contribution >= 4 is 66.7 Å². The van der Waals surface area contributed by atoms with E-state index in [2.05, 4.69) is 21.4 Å². The fourth-order valence-corrected chi connectivity index (χ4v) is 8.52. The first-order valence-electron chi connectivity index (χ1n) is 17.8. The van der Waals surface area contributed by atoms with E-state index in [1.807, 2.05) is 0 Å². The second kappa shape index (κ2) is 21.7. The Morgan fingerprint density at radius 2 is 1.45 bits per heavy atom. The number of nitrogens with two attached hydrogens (primary N) is 1. The Hall–Kier alpha value is -5.78. The van der Waals surface area contributed by atoms with E-state index in [1.54, 1.807) is 26.0 Å². The summed E-state index contributed by atoms with van der Waals surface area (Å²) in [6, 6.07) is 8.70. The molecule has 2 atom stereocenters. The van der Waals surface area contributed by atoms with Crippen molar-refractivity contribution in [2.75, 3.05) is 41.4 Å². The Morgan fingerprint density at radius 3 is 2.02 bits per heavy atom. The number of amides is 5. The Kier molecular flexibility index (Phi) is 17.4. The van der Waals surface area contributed by atoms with Crippen LogP contribution < -0.4 is 32.0 Å². The van der Waals surface area contributed by atoms with E-state index in [0.29, 0.717) is 24.2 Å². The molecule has 3 rings (SSSR count). The van der Waals surface area contributed by atoms with Gasteiger partial charge in [0.05, 0.1) is 27.9 Å². The highest BCUT2D eigenvalue weighted by molar-refractivity contribution is 7.95. The number of hydrogen-bond donors (Lipinski definition) is 5. The van der Waals surface area contributed by atoms with Crippen LogP contribution in [-0.4, -0.2) is 111 Å². The number of carbonyl (C=O) groups excluding carboxylic acids is 6. The zero-order chi connectivity index (χ0) is 43.0. The van der Waals surface area contributed by atoms with Gasteiger partial charge < -0.3 is 25.4 Å². The van der Waals surface area contributed by atoms with Gasteiger partial charge in [0.2, 0.25) is 17.7 Å². The fourth-order valence-electron chi connectivity index (χ4n) is 5.12. The van der Waals surface area contributed by atoms with Crippen molar-refractivity contribution in [3.8, 4) is 5.75 Å². The van der Waals surface area contributed by atoms with E-state index >= 15 is 0 Å². The quantitative estimate of drug-likeness (QED) is 0.0191. The Balaban J connectivity index is 1.51. The van der Waals surface area contributed by atoms with Gasteiger partial charge in [0, 0.05) is 49.5 Å². The summed E-state index contributed by atoms with van der Waals surface area (Å²) in [6.45, 7) is 2.92. The molecule has 5 amide bonds. The third kappa shape index (κ3) is 15.6. The summed E-state index contributed by atoms with van der Waals surface area (Å²) in [5, 5.41) is 18.6. The summed E-state index contributed by atoms with van der Waals surface area (Å²) >= 11 is 0. The van der Waals surface area contributed by atoms with Crippen molar-refractivity contribution in [3.63, 3.8) is 0 Å². The summed E-state index contributed by atoms with van der Waals surface area (Å²) < 4.78 is 60.1. The molecule has 0 aromatic heterocycles. The summed E-state index contributed by atoms with van der Waals surface area (Å²) in [5.41, 5.74) is 3.13. The Labute approximate surface area is 334 Å². The highest BCUT2D eigenvalue weighted by Crippen LogP contribution is 2.18. The first-order chi connectivity index (χ1) is 27.3. The summed E-state index contributed by atoms with van der Waals surface area (Å²) in [7, 11) is -8.04. The number of nitrogens with zero attached hydrogens (tertiary/aromatic N) is 2. The number of hydrogen-bond acceptors (Lipinski definition) is 16. The molecule has 0 unspecified atom stereocenters. The van der Waals surface area contributed by atoms with Crippen molar-refractivity contribution in [1.29, 1.82) is 0 Å². The lowest BCUT2D eigenvalue weighted by molar-refractivity contribution is -0.384. The van der Waals surface area contributed by atoms with Gasteiger partial charge in [-0.3, -0.25) is 50.3 Å². The van der Waals surface area contributed by atoms with E-state index in [-0.39, 0.29) is 24.5 Å². The van der Waals surface area contributed by atoms with Gasteiger partial charge in [-0.2, -0.15) is 0 Å². The largest absolute Gasteiger partial charge is 0.514 e. The van der Waals surface area contributed by atoms with Gasteiger partial charge >= 0.3 is 6.16 Å². The van der Waals surface area contributed by atoms with E-state index in [4.69, 9.17) is 15.3 Å². The third-order valence-electron chi connectivity index (χ3n) is 8.41. The lowest BCUT2D eigenvalue weighted by Crippen LogP contribution is -2.54. The van der Waals surface area contributed by atoms with E-state index < -0.39 is 114 Å². The number of nitro benzene ring substituents is 1. The molecule has 0 aliphatic carbocycles. The van der Waals surface area contributed by atoms with Gasteiger partial charge in [-0.05, 0) is 48.6 Å². The zero-order valence-corrected chi connectivity index (χ0v) is 33.2. The predicted molar refractivity (Wildman–Crippen MR) is 207 cm³/mol. The molecule has 1 heterocycles. The minimum Gasteiger partial charge on any atom is -0.429 e. The van der Waals surface area contributed by atoms with E-state index in [1.165, 1.54) is 36.4 Å². The highest BCUT2D eigenvalue weighted by atomic mass is 32.2. The van der Waals surface area contributed by atoms with Crippen LogP contribution in [0.3, 0.4) is 0 Å². The smallest absolute Gasteiger partial charge is 0.429 e. The average molecular weight is 852 g/mol. The topological polar surface area (TPSA) is 310 Å². The van der Waals surface area contributed by atoms with Gasteiger partial charge in [0.15, 0.2) is 19.7 Å². The number of hydrazine groups is 1. The SMILES string of the molecule is CC(C)[C@H](NC(=O)CCS(=O)(=O)CCS(=O)(=O)CCN1C(=O)C=CC1=O)C(=O)N[C@@H](CCCNN)C(=O)Nc1ccc(COC(=O)Oc2ccc([N+](=O)[O-])cc2)cc1. The van der Waals surface area contributed by atoms with Crippen molar-refractivity contribution in [2.45, 2.75) is 51.8 Å². The zero-order valence-electron chi connectivity index (χ0n) is 31.6. The molecule has 1 aliphatic heterocycles. The second-order valence-corrected chi connectivity index (χ2v) is 17.8. The fraction of sp³-hybridized carbons (Fsp3) is 0.429. The maximum Gasteiger partial charge on any atom is 0.514 e. The molecule has 23 heteroatoms. The van der Waals surface area contributed by atoms with Crippen LogP contribution in [-0.2, 0) is 55.0 Å². The molecular formula is C35H45N7O14S2. The van der Waals surface area contributed by atoms with Crippen LogP contribution in [0.2, 0.25) is 0 Å². The molecule has 58 heavy (non-hydrogen) atoms. The summed E-state index contributed by atoms with van der Waals surface area (Å²) in [4.78, 5) is 85.8. The van der Waals surface area contributed by atoms with E-state index in [0.717, 1.165) is 17.1 Å². The number of benzene rings is 2. The Bertz CT molecular complexity index is 2060. The molecular weight excluding hydrogens is 807 g/mol. The molecule has 21 nitrogen and oxygen atoms in total. The maximum absolute atomic E-state index is 13.4. The molecule has 2 aromatic carbocycles. The number of nitrogens with one attached hydrogen (secondary N) is 4. The summed E-state index contributed by atoms with van der Waals surface area (Å²) in [5.74, 6) is -1.52. The number of carbonyl (C=O) groups is 6. The number of ether oxygens (including phenoxy) is 2. The van der Waals surface area contributed by atoms with Gasteiger partial charge in [-0.15, -0.1) is 0 Å². The molecule has 0 spiro atoms. The van der Waals surface area contributed by atoms with Crippen LogP contribution in [0.5, 0.6) is 5.75 Å². The molecule has 0 radical (unpaired) electrons. The van der Waals surface area contributed by atoms with Gasteiger partial charge in [-0.25, -0.2) is 21.6 Å². The van der Waals surface area contributed by atoms with Gasteiger partial charge in [-0.1, -0.05) is 26.0 Å². The van der Waals surface area contributed by atoms with Crippen molar-refractivity contribution in [3.05, 3.63) is 76.4 Å². The van der Waals surface area contributed by atoms with Crippen LogP contribution in [0, 0.1) is 16.0 Å². The predicted octanol–water partition coefficient (Wildman–Crippen LogP) is 0.263. The second-order valence-electron chi connectivity index (χ2n) is 13.2. The molecule has 0 saturated heterocycles. The monoisotopic (exact) mass is 851 g/mol. The molecule has 1 aliphatic rings. The first kappa shape index (κ1) is 46.6. The first-order valence-corrected chi connectivity index (χ1v) is 21.4. The number of sulfone groups is 2. The number of imide groups is 1. The molecule has 316 valence electrons. The van der Waals surface area contributed by atoms with E-state index in [9.17, 15) is 55.7 Å².